The molecule has 0 aromatic carbocycles. The minimum atomic E-state index is 0.312. The standard InChI is InChI=1S/C23H36O/c1-7-17-24-18-15-20(3)11-8-10-19(2)13-14-22-21(4)12-9-16-23(22,5)6/h8,10-11,13-15H,7,9,12,16-18H2,1-6H3. The van der Waals surface area contributed by atoms with Crippen molar-refractivity contribution in [2.75, 3.05) is 13.2 Å². The molecule has 0 amide bonds. The Morgan fingerprint density at radius 3 is 2.58 bits per heavy atom. The highest BCUT2D eigenvalue weighted by Crippen LogP contribution is 2.40. The fraction of sp³-hybridized carbons (Fsp3) is 0.565. The average molecular weight is 329 g/mol. The molecule has 0 atom stereocenters. The number of allylic oxidation sites excluding steroid dienone is 9. The quantitative estimate of drug-likeness (QED) is 0.346. The molecule has 24 heavy (non-hydrogen) atoms. The third-order valence-electron chi connectivity index (χ3n) is 4.65. The van der Waals surface area contributed by atoms with Gasteiger partial charge in [-0.2, -0.15) is 0 Å². The number of hydrogen-bond acceptors (Lipinski definition) is 1. The van der Waals surface area contributed by atoms with Gasteiger partial charge < -0.3 is 4.74 Å². The Kier molecular flexibility index (Phi) is 9.07. The Morgan fingerprint density at radius 1 is 1.17 bits per heavy atom. The molecular formula is C23H36O. The first kappa shape index (κ1) is 20.7. The Balaban J connectivity index is 2.62. The van der Waals surface area contributed by atoms with Gasteiger partial charge in [-0.1, -0.05) is 73.9 Å². The zero-order valence-corrected chi connectivity index (χ0v) is 16.6. The molecule has 134 valence electrons. The molecule has 1 nitrogen and oxygen atoms in total. The van der Waals surface area contributed by atoms with Crippen LogP contribution in [0.15, 0.2) is 58.7 Å². The van der Waals surface area contributed by atoms with Gasteiger partial charge in [0.15, 0.2) is 0 Å². The van der Waals surface area contributed by atoms with Crippen LogP contribution in [-0.4, -0.2) is 13.2 Å². The van der Waals surface area contributed by atoms with Gasteiger partial charge in [0.25, 0.3) is 0 Å². The molecule has 0 N–H and O–H groups in total. The van der Waals surface area contributed by atoms with Crippen molar-refractivity contribution >= 4 is 0 Å². The van der Waals surface area contributed by atoms with Gasteiger partial charge in [-0.15, -0.1) is 0 Å². The maximum absolute atomic E-state index is 5.47. The van der Waals surface area contributed by atoms with Crippen LogP contribution in [0.3, 0.4) is 0 Å². The molecule has 1 rings (SSSR count). The molecule has 0 aliphatic heterocycles. The average Bonchev–Trinajstić information content (AvgIpc) is 2.50. The van der Waals surface area contributed by atoms with Crippen LogP contribution in [0.25, 0.3) is 0 Å². The third-order valence-corrected chi connectivity index (χ3v) is 4.65. The first-order chi connectivity index (χ1) is 11.4. The molecule has 0 aromatic rings. The zero-order chi connectivity index (χ0) is 18.0. The lowest BCUT2D eigenvalue weighted by molar-refractivity contribution is 0.163. The summed E-state index contributed by atoms with van der Waals surface area (Å²) in [7, 11) is 0. The van der Waals surface area contributed by atoms with Crippen molar-refractivity contribution < 1.29 is 4.74 Å². The van der Waals surface area contributed by atoms with E-state index in [4.69, 9.17) is 4.74 Å². The lowest BCUT2D eigenvalue weighted by atomic mass is 9.72. The predicted molar refractivity (Wildman–Crippen MR) is 107 cm³/mol. The highest BCUT2D eigenvalue weighted by molar-refractivity contribution is 5.37. The second-order valence-corrected chi connectivity index (χ2v) is 7.56. The molecular weight excluding hydrogens is 292 g/mol. The molecule has 1 heteroatoms. The fourth-order valence-corrected chi connectivity index (χ4v) is 3.12. The summed E-state index contributed by atoms with van der Waals surface area (Å²) >= 11 is 0. The van der Waals surface area contributed by atoms with E-state index in [1.807, 2.05) is 0 Å². The molecule has 0 fully saturated rings. The Hall–Kier alpha value is -1.34. The van der Waals surface area contributed by atoms with Gasteiger partial charge in [0.2, 0.25) is 0 Å². The van der Waals surface area contributed by atoms with E-state index in [-0.39, 0.29) is 0 Å². The maximum Gasteiger partial charge on any atom is 0.0653 e. The number of hydrogen-bond donors (Lipinski definition) is 0. The molecule has 0 saturated heterocycles. The van der Waals surface area contributed by atoms with Gasteiger partial charge in [0.05, 0.1) is 6.61 Å². The van der Waals surface area contributed by atoms with E-state index in [1.165, 1.54) is 36.0 Å². The fourth-order valence-electron chi connectivity index (χ4n) is 3.12. The minimum absolute atomic E-state index is 0.312. The van der Waals surface area contributed by atoms with Gasteiger partial charge >= 0.3 is 0 Å². The lowest BCUT2D eigenvalue weighted by Crippen LogP contribution is -2.19. The number of ether oxygens (including phenoxy) is 1. The van der Waals surface area contributed by atoms with Crippen LogP contribution in [0, 0.1) is 5.41 Å². The molecule has 0 heterocycles. The van der Waals surface area contributed by atoms with E-state index in [2.05, 4.69) is 78.0 Å². The summed E-state index contributed by atoms with van der Waals surface area (Å²) in [5.41, 5.74) is 5.91. The molecule has 0 aromatic heterocycles. The van der Waals surface area contributed by atoms with Gasteiger partial charge in [-0.3, -0.25) is 0 Å². The smallest absolute Gasteiger partial charge is 0.0653 e. The van der Waals surface area contributed by atoms with E-state index in [0.717, 1.165) is 13.0 Å². The van der Waals surface area contributed by atoms with Crippen LogP contribution < -0.4 is 0 Å². The summed E-state index contributed by atoms with van der Waals surface area (Å²) in [5.74, 6) is 0. The van der Waals surface area contributed by atoms with Crippen molar-refractivity contribution in [2.24, 2.45) is 5.41 Å². The van der Waals surface area contributed by atoms with Crippen LogP contribution in [0.1, 0.15) is 67.2 Å². The highest BCUT2D eigenvalue weighted by Gasteiger charge is 2.26. The second kappa shape index (κ2) is 10.5. The van der Waals surface area contributed by atoms with Crippen LogP contribution in [-0.2, 0) is 4.74 Å². The zero-order valence-electron chi connectivity index (χ0n) is 16.6. The summed E-state index contributed by atoms with van der Waals surface area (Å²) in [4.78, 5) is 0. The SMILES string of the molecule is CCCOCC=C(C)C=CC=C(C)C=CC1=C(C)CCCC1(C)C. The second-order valence-electron chi connectivity index (χ2n) is 7.56. The van der Waals surface area contributed by atoms with Gasteiger partial charge in [0.1, 0.15) is 0 Å². The highest BCUT2D eigenvalue weighted by atomic mass is 16.5. The van der Waals surface area contributed by atoms with Crippen LogP contribution in [0.2, 0.25) is 0 Å². The van der Waals surface area contributed by atoms with Crippen LogP contribution in [0.5, 0.6) is 0 Å². The Morgan fingerprint density at radius 2 is 1.92 bits per heavy atom. The summed E-state index contributed by atoms with van der Waals surface area (Å²) < 4.78 is 5.47. The lowest BCUT2D eigenvalue weighted by Gasteiger charge is -2.32. The first-order valence-electron chi connectivity index (χ1n) is 9.34. The largest absolute Gasteiger partial charge is 0.377 e. The third kappa shape index (κ3) is 7.49. The van der Waals surface area contributed by atoms with Crippen molar-refractivity contribution in [2.45, 2.75) is 67.2 Å². The van der Waals surface area contributed by atoms with Crippen LogP contribution >= 0.6 is 0 Å². The van der Waals surface area contributed by atoms with E-state index in [9.17, 15) is 0 Å². The molecule has 0 saturated carbocycles. The molecule has 0 unspecified atom stereocenters. The summed E-state index contributed by atoms with van der Waals surface area (Å²) in [5, 5.41) is 0. The summed E-state index contributed by atoms with van der Waals surface area (Å²) in [6, 6.07) is 0. The normalized spacial score (nSPS) is 19.8. The van der Waals surface area contributed by atoms with Crippen molar-refractivity contribution in [3.8, 4) is 0 Å². The van der Waals surface area contributed by atoms with E-state index in [1.54, 1.807) is 5.57 Å². The monoisotopic (exact) mass is 328 g/mol. The predicted octanol–water partition coefficient (Wildman–Crippen LogP) is 6.94. The topological polar surface area (TPSA) is 9.23 Å². The Labute approximate surface area is 149 Å². The van der Waals surface area contributed by atoms with Gasteiger partial charge in [-0.05, 0) is 57.4 Å². The summed E-state index contributed by atoms with van der Waals surface area (Å²) in [6.07, 6.45) is 18.1. The maximum atomic E-state index is 5.47. The molecule has 0 spiro atoms. The van der Waals surface area contributed by atoms with E-state index < -0.39 is 0 Å². The van der Waals surface area contributed by atoms with E-state index in [0.29, 0.717) is 12.0 Å². The molecule has 1 aliphatic rings. The van der Waals surface area contributed by atoms with Crippen molar-refractivity contribution in [3.05, 3.63) is 58.7 Å². The van der Waals surface area contributed by atoms with Gasteiger partial charge in [0, 0.05) is 6.61 Å². The van der Waals surface area contributed by atoms with Gasteiger partial charge in [-0.25, -0.2) is 0 Å². The first-order valence-corrected chi connectivity index (χ1v) is 9.34. The van der Waals surface area contributed by atoms with E-state index >= 15 is 0 Å². The van der Waals surface area contributed by atoms with Crippen LogP contribution in [0.4, 0.5) is 0 Å². The van der Waals surface area contributed by atoms with Crippen molar-refractivity contribution in [3.63, 3.8) is 0 Å². The summed E-state index contributed by atoms with van der Waals surface area (Å²) in [6.45, 7) is 15.0. The molecule has 1 aliphatic carbocycles. The molecule has 0 bridgehead atoms. The van der Waals surface area contributed by atoms with Crippen molar-refractivity contribution in [1.29, 1.82) is 0 Å². The minimum Gasteiger partial charge on any atom is -0.377 e. The molecule has 0 radical (unpaired) electrons. The van der Waals surface area contributed by atoms with Crippen molar-refractivity contribution in [1.82, 2.24) is 0 Å². The Bertz CT molecular complexity index is 538. The number of rotatable bonds is 8.